The summed E-state index contributed by atoms with van der Waals surface area (Å²) in [6, 6.07) is 11.9. The maximum absolute atomic E-state index is 12.8. The smallest absolute Gasteiger partial charge is 0.254 e. The van der Waals surface area contributed by atoms with Crippen molar-refractivity contribution in [2.45, 2.75) is 6.92 Å². The number of hydrogen-bond donors (Lipinski definition) is 0. The zero-order valence-corrected chi connectivity index (χ0v) is 16.7. The van der Waals surface area contributed by atoms with Crippen molar-refractivity contribution in [3.8, 4) is 0 Å². The zero-order valence-electron chi connectivity index (χ0n) is 16.7. The average molecular weight is 380 g/mol. The summed E-state index contributed by atoms with van der Waals surface area (Å²) in [6.07, 6.45) is 0. The van der Waals surface area contributed by atoms with Gasteiger partial charge in [0.1, 0.15) is 0 Å². The number of amides is 1. The topological polar surface area (TPSA) is 55.8 Å². The van der Waals surface area contributed by atoms with Gasteiger partial charge in [-0.1, -0.05) is 18.2 Å². The third-order valence-corrected chi connectivity index (χ3v) is 5.73. The molecule has 0 aliphatic carbocycles. The second-order valence-corrected chi connectivity index (χ2v) is 7.63. The molecule has 0 bridgehead atoms. The molecule has 28 heavy (non-hydrogen) atoms. The molecule has 0 spiro atoms. The van der Waals surface area contributed by atoms with Gasteiger partial charge in [0.2, 0.25) is 0 Å². The molecule has 0 radical (unpaired) electrons. The minimum absolute atomic E-state index is 0.120. The second-order valence-electron chi connectivity index (χ2n) is 7.63. The molecule has 3 heterocycles. The van der Waals surface area contributed by atoms with E-state index in [0.29, 0.717) is 13.1 Å². The molecule has 7 nitrogen and oxygen atoms in total. The second kappa shape index (κ2) is 8.14. The highest BCUT2D eigenvalue weighted by molar-refractivity contribution is 5.95. The number of carbonyl (C=O) groups is 1. The lowest BCUT2D eigenvalue weighted by molar-refractivity contribution is 0.0745. The van der Waals surface area contributed by atoms with Gasteiger partial charge in [-0.25, -0.2) is 0 Å². The van der Waals surface area contributed by atoms with Crippen molar-refractivity contribution in [1.29, 1.82) is 0 Å². The Labute approximate surface area is 166 Å². The van der Waals surface area contributed by atoms with Gasteiger partial charge in [0.15, 0.2) is 11.6 Å². The first-order valence-electron chi connectivity index (χ1n) is 9.99. The highest BCUT2D eigenvalue weighted by Gasteiger charge is 2.24. The molecular weight excluding hydrogens is 352 g/mol. The van der Waals surface area contributed by atoms with E-state index in [1.54, 1.807) is 0 Å². The van der Waals surface area contributed by atoms with Crippen LogP contribution in [0.3, 0.4) is 0 Å². The number of aromatic nitrogens is 2. The van der Waals surface area contributed by atoms with Gasteiger partial charge in [0.05, 0.1) is 0 Å². The highest BCUT2D eigenvalue weighted by atomic mass is 16.2. The van der Waals surface area contributed by atoms with Gasteiger partial charge in [-0.15, -0.1) is 10.2 Å². The number of carbonyl (C=O) groups excluding carboxylic acids is 1. The van der Waals surface area contributed by atoms with Crippen molar-refractivity contribution in [1.82, 2.24) is 20.0 Å². The molecule has 0 unspecified atom stereocenters. The van der Waals surface area contributed by atoms with E-state index in [2.05, 4.69) is 44.1 Å². The van der Waals surface area contributed by atoms with E-state index in [0.717, 1.165) is 62.0 Å². The van der Waals surface area contributed by atoms with Gasteiger partial charge in [-0.2, -0.15) is 0 Å². The summed E-state index contributed by atoms with van der Waals surface area (Å²) in [7, 11) is 2.15. The monoisotopic (exact) mass is 380 g/mol. The van der Waals surface area contributed by atoms with Crippen LogP contribution in [0.1, 0.15) is 15.9 Å². The van der Waals surface area contributed by atoms with Crippen molar-refractivity contribution >= 4 is 17.5 Å². The first-order valence-corrected chi connectivity index (χ1v) is 9.99. The summed E-state index contributed by atoms with van der Waals surface area (Å²) in [4.78, 5) is 21.5. The number of aryl methyl sites for hydroxylation is 1. The molecule has 1 aromatic heterocycles. The Morgan fingerprint density at radius 2 is 1.32 bits per heavy atom. The third kappa shape index (κ3) is 3.94. The summed E-state index contributed by atoms with van der Waals surface area (Å²) in [5, 5.41) is 8.91. The lowest BCUT2D eigenvalue weighted by Gasteiger charge is -2.36. The van der Waals surface area contributed by atoms with Gasteiger partial charge < -0.3 is 19.6 Å². The maximum atomic E-state index is 12.8. The maximum Gasteiger partial charge on any atom is 0.254 e. The third-order valence-electron chi connectivity index (χ3n) is 5.73. The molecule has 2 aliphatic rings. The van der Waals surface area contributed by atoms with Gasteiger partial charge in [-0.3, -0.25) is 4.79 Å². The summed E-state index contributed by atoms with van der Waals surface area (Å²) in [5.74, 6) is 1.96. The quantitative estimate of drug-likeness (QED) is 0.804. The van der Waals surface area contributed by atoms with Crippen LogP contribution in [0.2, 0.25) is 0 Å². The van der Waals surface area contributed by atoms with Crippen LogP contribution in [-0.2, 0) is 0 Å². The molecule has 0 saturated carbocycles. The molecule has 0 N–H and O–H groups in total. The molecule has 2 aromatic rings. The summed E-state index contributed by atoms with van der Waals surface area (Å²) >= 11 is 0. The van der Waals surface area contributed by atoms with Crippen LogP contribution in [0.15, 0.2) is 36.4 Å². The van der Waals surface area contributed by atoms with Crippen LogP contribution < -0.4 is 9.80 Å². The summed E-state index contributed by atoms with van der Waals surface area (Å²) in [6.45, 7) is 9.04. The van der Waals surface area contributed by atoms with E-state index < -0.39 is 0 Å². The molecule has 0 atom stereocenters. The van der Waals surface area contributed by atoms with E-state index in [-0.39, 0.29) is 5.91 Å². The predicted molar refractivity (Wildman–Crippen MR) is 111 cm³/mol. The summed E-state index contributed by atoms with van der Waals surface area (Å²) < 4.78 is 0. The van der Waals surface area contributed by atoms with Gasteiger partial charge in [-0.05, 0) is 37.7 Å². The lowest BCUT2D eigenvalue weighted by Crippen LogP contribution is -2.49. The average Bonchev–Trinajstić information content (AvgIpc) is 2.74. The van der Waals surface area contributed by atoms with Gasteiger partial charge in [0, 0.05) is 57.9 Å². The normalized spacial score (nSPS) is 18.4. The Kier molecular flexibility index (Phi) is 5.43. The number of nitrogens with zero attached hydrogens (tertiary/aromatic N) is 6. The molecule has 1 amide bonds. The molecule has 2 aliphatic heterocycles. The molecule has 2 fully saturated rings. The molecule has 148 valence electrons. The largest absolute Gasteiger partial charge is 0.353 e. The van der Waals surface area contributed by atoms with E-state index in [9.17, 15) is 4.79 Å². The Morgan fingerprint density at radius 3 is 1.86 bits per heavy atom. The van der Waals surface area contributed by atoms with Crippen LogP contribution in [0, 0.1) is 6.92 Å². The van der Waals surface area contributed by atoms with Gasteiger partial charge >= 0.3 is 0 Å². The van der Waals surface area contributed by atoms with Crippen molar-refractivity contribution in [3.05, 3.63) is 47.5 Å². The van der Waals surface area contributed by atoms with Gasteiger partial charge in [0.25, 0.3) is 5.91 Å². The highest BCUT2D eigenvalue weighted by Crippen LogP contribution is 2.19. The molecular formula is C21H28N6O. The SMILES string of the molecule is Cc1ccccc1C(=O)N1CCN(c2ccc(N3CCN(C)CC3)nn2)CC1. The minimum Gasteiger partial charge on any atom is -0.353 e. The van der Waals surface area contributed by atoms with E-state index >= 15 is 0 Å². The van der Waals surface area contributed by atoms with E-state index in [1.165, 1.54) is 0 Å². The Balaban J connectivity index is 1.35. The first-order chi connectivity index (χ1) is 13.6. The molecule has 4 rings (SSSR count). The number of anilines is 2. The number of benzene rings is 1. The van der Waals surface area contributed by atoms with Crippen molar-refractivity contribution < 1.29 is 4.79 Å². The Morgan fingerprint density at radius 1 is 0.786 bits per heavy atom. The standard InChI is InChI=1S/C21H28N6O/c1-17-5-3-4-6-18(17)21(28)27-15-13-26(14-16-27)20-8-7-19(22-23-20)25-11-9-24(2)10-12-25/h3-8H,9-16H2,1-2H3. The number of likely N-dealkylation sites (N-methyl/N-ethyl adjacent to an activating group) is 1. The van der Waals surface area contributed by atoms with Crippen LogP contribution in [-0.4, -0.2) is 85.3 Å². The number of rotatable bonds is 3. The fraction of sp³-hybridized carbons (Fsp3) is 0.476. The Bertz CT molecular complexity index is 808. The fourth-order valence-corrected chi connectivity index (χ4v) is 3.81. The summed E-state index contributed by atoms with van der Waals surface area (Å²) in [5.41, 5.74) is 1.83. The minimum atomic E-state index is 0.120. The molecule has 2 saturated heterocycles. The Hall–Kier alpha value is -2.67. The fourth-order valence-electron chi connectivity index (χ4n) is 3.81. The molecule has 7 heteroatoms. The first kappa shape index (κ1) is 18.7. The zero-order chi connectivity index (χ0) is 19.5. The number of hydrogen-bond acceptors (Lipinski definition) is 6. The lowest BCUT2D eigenvalue weighted by atomic mass is 10.1. The van der Waals surface area contributed by atoms with E-state index in [4.69, 9.17) is 0 Å². The van der Waals surface area contributed by atoms with E-state index in [1.807, 2.05) is 36.1 Å². The van der Waals surface area contributed by atoms with Crippen molar-refractivity contribution in [3.63, 3.8) is 0 Å². The molecule has 1 aromatic carbocycles. The van der Waals surface area contributed by atoms with Crippen LogP contribution >= 0.6 is 0 Å². The van der Waals surface area contributed by atoms with Crippen molar-refractivity contribution in [2.24, 2.45) is 0 Å². The van der Waals surface area contributed by atoms with Crippen molar-refractivity contribution in [2.75, 3.05) is 69.2 Å². The predicted octanol–water partition coefficient (Wildman–Crippen LogP) is 1.50. The van der Waals surface area contributed by atoms with Crippen LogP contribution in [0.5, 0.6) is 0 Å². The number of piperazine rings is 2. The van der Waals surface area contributed by atoms with Crippen LogP contribution in [0.25, 0.3) is 0 Å². The van der Waals surface area contributed by atoms with Crippen LogP contribution in [0.4, 0.5) is 11.6 Å².